The first-order valence-corrected chi connectivity index (χ1v) is 10.6. The summed E-state index contributed by atoms with van der Waals surface area (Å²) in [5.41, 5.74) is 0.608. The van der Waals surface area contributed by atoms with Gasteiger partial charge in [-0.25, -0.2) is 8.42 Å². The molecular formula is C18H23NO6S. The van der Waals surface area contributed by atoms with Gasteiger partial charge in [-0.15, -0.1) is 0 Å². The number of carbonyl (C=O) groups excluding carboxylic acids is 2. The number of benzene rings is 1. The summed E-state index contributed by atoms with van der Waals surface area (Å²) in [7, 11) is -3.05. The minimum atomic E-state index is -3.05. The van der Waals surface area contributed by atoms with Crippen LogP contribution in [0, 0.1) is 5.92 Å². The Hall–Kier alpha value is -1.93. The first-order chi connectivity index (χ1) is 12.4. The Morgan fingerprint density at radius 3 is 2.50 bits per heavy atom. The molecule has 0 saturated carbocycles. The monoisotopic (exact) mass is 381 g/mol. The molecule has 0 bridgehead atoms. The summed E-state index contributed by atoms with van der Waals surface area (Å²) in [4.78, 5) is 26.9. The molecule has 2 unspecified atom stereocenters. The van der Waals surface area contributed by atoms with E-state index in [0.717, 1.165) is 0 Å². The Bertz CT molecular complexity index is 742. The first kappa shape index (κ1) is 18.8. The molecule has 1 amide bonds. The van der Waals surface area contributed by atoms with Gasteiger partial charge in [0.05, 0.1) is 24.7 Å². The molecule has 8 heteroatoms. The first-order valence-electron chi connectivity index (χ1n) is 8.76. The van der Waals surface area contributed by atoms with Crippen LogP contribution in [0.25, 0.3) is 0 Å². The molecule has 0 aliphatic carbocycles. The highest BCUT2D eigenvalue weighted by molar-refractivity contribution is 7.91. The number of morpholine rings is 1. The maximum absolute atomic E-state index is 12.9. The summed E-state index contributed by atoms with van der Waals surface area (Å²) in [6.45, 7) is 1.84. The Labute approximate surface area is 153 Å². The highest BCUT2D eigenvalue weighted by Crippen LogP contribution is 2.26. The number of rotatable bonds is 5. The quantitative estimate of drug-likeness (QED) is 0.706. The number of carbonyl (C=O) groups is 2. The van der Waals surface area contributed by atoms with Gasteiger partial charge in [0.2, 0.25) is 6.10 Å². The summed E-state index contributed by atoms with van der Waals surface area (Å²) in [6, 6.07) is 8.89. The lowest BCUT2D eigenvalue weighted by atomic mass is 10.0. The number of nitrogens with zero attached hydrogens (tertiary/aromatic N) is 1. The number of hydrogen-bond donors (Lipinski definition) is 0. The van der Waals surface area contributed by atoms with Crippen molar-refractivity contribution in [1.29, 1.82) is 0 Å². The molecule has 2 fully saturated rings. The zero-order valence-electron chi connectivity index (χ0n) is 14.5. The van der Waals surface area contributed by atoms with E-state index in [1.54, 1.807) is 29.2 Å². The highest BCUT2D eigenvalue weighted by Gasteiger charge is 2.33. The minimum Gasteiger partial charge on any atom is -0.447 e. The van der Waals surface area contributed by atoms with Crippen LogP contribution in [0.15, 0.2) is 30.3 Å². The molecule has 142 valence electrons. The fraction of sp³-hybridized carbons (Fsp3) is 0.556. The third kappa shape index (κ3) is 4.82. The fourth-order valence-electron chi connectivity index (χ4n) is 3.29. The second-order valence-electron chi connectivity index (χ2n) is 6.69. The van der Waals surface area contributed by atoms with Crippen molar-refractivity contribution in [3.05, 3.63) is 35.9 Å². The SMILES string of the molecule is O=C(CC1CCS(=O)(=O)C1)OC(C(=O)N1CCOCC1)c1ccccc1. The Balaban J connectivity index is 1.69. The molecule has 7 nitrogen and oxygen atoms in total. The van der Waals surface area contributed by atoms with E-state index in [2.05, 4.69) is 0 Å². The van der Waals surface area contributed by atoms with Gasteiger partial charge in [-0.3, -0.25) is 9.59 Å². The number of ether oxygens (including phenoxy) is 2. The van der Waals surface area contributed by atoms with Crippen molar-refractivity contribution in [3.63, 3.8) is 0 Å². The topological polar surface area (TPSA) is 90.0 Å². The molecule has 2 heterocycles. The van der Waals surface area contributed by atoms with Crippen LogP contribution in [0.1, 0.15) is 24.5 Å². The van der Waals surface area contributed by atoms with Gasteiger partial charge < -0.3 is 14.4 Å². The normalized spacial score (nSPS) is 23.4. The van der Waals surface area contributed by atoms with Crippen LogP contribution in [-0.2, 0) is 28.9 Å². The summed E-state index contributed by atoms with van der Waals surface area (Å²) >= 11 is 0. The van der Waals surface area contributed by atoms with Crippen LogP contribution in [-0.4, -0.2) is 63.0 Å². The molecule has 1 aromatic rings. The van der Waals surface area contributed by atoms with Crippen LogP contribution < -0.4 is 0 Å². The third-order valence-electron chi connectivity index (χ3n) is 4.68. The second-order valence-corrected chi connectivity index (χ2v) is 8.92. The van der Waals surface area contributed by atoms with Crippen molar-refractivity contribution in [1.82, 2.24) is 4.90 Å². The fourth-order valence-corrected chi connectivity index (χ4v) is 5.15. The van der Waals surface area contributed by atoms with E-state index in [4.69, 9.17) is 9.47 Å². The third-order valence-corrected chi connectivity index (χ3v) is 6.52. The lowest BCUT2D eigenvalue weighted by Crippen LogP contribution is -2.44. The van der Waals surface area contributed by atoms with Crippen molar-refractivity contribution in [3.8, 4) is 0 Å². The van der Waals surface area contributed by atoms with Crippen molar-refractivity contribution in [2.45, 2.75) is 18.9 Å². The van der Waals surface area contributed by atoms with Gasteiger partial charge in [-0.2, -0.15) is 0 Å². The molecule has 0 aromatic heterocycles. The van der Waals surface area contributed by atoms with Gasteiger partial charge in [0.25, 0.3) is 5.91 Å². The second kappa shape index (κ2) is 8.18. The van der Waals surface area contributed by atoms with Crippen molar-refractivity contribution < 1.29 is 27.5 Å². The molecular weight excluding hydrogens is 358 g/mol. The van der Waals surface area contributed by atoms with Crippen molar-refractivity contribution >= 4 is 21.7 Å². The maximum atomic E-state index is 12.9. The molecule has 2 atom stereocenters. The lowest BCUT2D eigenvalue weighted by Gasteiger charge is -2.30. The van der Waals surface area contributed by atoms with E-state index >= 15 is 0 Å². The Morgan fingerprint density at radius 1 is 1.19 bits per heavy atom. The number of sulfone groups is 1. The van der Waals surface area contributed by atoms with Gasteiger partial charge in [-0.05, 0) is 12.3 Å². The molecule has 26 heavy (non-hydrogen) atoms. The maximum Gasteiger partial charge on any atom is 0.307 e. The van der Waals surface area contributed by atoms with Gasteiger partial charge >= 0.3 is 5.97 Å². The molecule has 2 aliphatic rings. The molecule has 2 aliphatic heterocycles. The van der Waals surface area contributed by atoms with Crippen LogP contribution in [0.5, 0.6) is 0 Å². The Morgan fingerprint density at radius 2 is 1.88 bits per heavy atom. The van der Waals surface area contributed by atoms with E-state index in [1.807, 2.05) is 6.07 Å². The van der Waals surface area contributed by atoms with Gasteiger partial charge in [0.15, 0.2) is 9.84 Å². The van der Waals surface area contributed by atoms with E-state index in [1.165, 1.54) is 0 Å². The van der Waals surface area contributed by atoms with E-state index in [9.17, 15) is 18.0 Å². The number of amides is 1. The molecule has 1 aromatic carbocycles. The molecule has 3 rings (SSSR count). The van der Waals surface area contributed by atoms with Gasteiger partial charge in [0, 0.05) is 25.1 Å². The van der Waals surface area contributed by atoms with Crippen LogP contribution >= 0.6 is 0 Å². The Kier molecular flexibility index (Phi) is 5.93. The highest BCUT2D eigenvalue weighted by atomic mass is 32.2. The van der Waals surface area contributed by atoms with Crippen LogP contribution in [0.3, 0.4) is 0 Å². The summed E-state index contributed by atoms with van der Waals surface area (Å²) in [5, 5.41) is 0. The largest absolute Gasteiger partial charge is 0.447 e. The van der Waals surface area contributed by atoms with Gasteiger partial charge in [-0.1, -0.05) is 30.3 Å². The summed E-state index contributed by atoms with van der Waals surface area (Å²) in [6.07, 6.45) is -0.538. The predicted molar refractivity (Wildman–Crippen MR) is 94.1 cm³/mol. The standard InChI is InChI=1S/C18H23NO6S/c20-16(12-14-6-11-26(22,23)13-14)25-17(15-4-2-1-3-5-15)18(21)19-7-9-24-10-8-19/h1-5,14,17H,6-13H2. The van der Waals surface area contributed by atoms with Crippen LogP contribution in [0.2, 0.25) is 0 Å². The minimum absolute atomic E-state index is 0.00944. The summed E-state index contributed by atoms with van der Waals surface area (Å²) < 4.78 is 33.9. The van der Waals surface area contributed by atoms with Gasteiger partial charge in [0.1, 0.15) is 0 Å². The predicted octanol–water partition coefficient (Wildman–Crippen LogP) is 0.955. The smallest absolute Gasteiger partial charge is 0.307 e. The van der Waals surface area contributed by atoms with Crippen molar-refractivity contribution in [2.24, 2.45) is 5.92 Å². The molecule has 0 N–H and O–H groups in total. The molecule has 0 radical (unpaired) electrons. The average molecular weight is 381 g/mol. The summed E-state index contributed by atoms with van der Waals surface area (Å²) in [5.74, 6) is -0.924. The lowest BCUT2D eigenvalue weighted by molar-refractivity contribution is -0.163. The van der Waals surface area contributed by atoms with E-state index in [0.29, 0.717) is 38.3 Å². The van der Waals surface area contributed by atoms with E-state index in [-0.39, 0.29) is 29.8 Å². The van der Waals surface area contributed by atoms with Crippen molar-refractivity contribution in [2.75, 3.05) is 37.8 Å². The zero-order valence-corrected chi connectivity index (χ0v) is 15.3. The van der Waals surface area contributed by atoms with E-state index < -0.39 is 21.9 Å². The zero-order chi connectivity index (χ0) is 18.6. The molecule has 0 spiro atoms. The number of esters is 1. The molecule has 2 saturated heterocycles. The van der Waals surface area contributed by atoms with Crippen LogP contribution in [0.4, 0.5) is 0 Å². The number of hydrogen-bond acceptors (Lipinski definition) is 6. The average Bonchev–Trinajstić information content (AvgIpc) is 2.99.